The van der Waals surface area contributed by atoms with Gasteiger partial charge in [-0.1, -0.05) is 6.07 Å². The molecule has 1 saturated heterocycles. The zero-order valence-electron chi connectivity index (χ0n) is 13.0. The molecule has 7 heteroatoms. The smallest absolute Gasteiger partial charge is 0.287 e. The molecule has 1 aliphatic heterocycles. The Hall–Kier alpha value is -2.70. The van der Waals surface area contributed by atoms with E-state index in [1.54, 1.807) is 6.07 Å². The molecule has 2 aromatic heterocycles. The minimum Gasteiger partial charge on any atom is -0.367 e. The maximum atomic E-state index is 10.7. The van der Waals surface area contributed by atoms with Crippen molar-refractivity contribution in [2.75, 3.05) is 23.3 Å². The Labute approximate surface area is 134 Å². The Morgan fingerprint density at radius 3 is 2.65 bits per heavy atom. The summed E-state index contributed by atoms with van der Waals surface area (Å²) in [5, 5.41) is 14.1. The average molecular weight is 313 g/mol. The molecule has 0 spiro atoms. The monoisotopic (exact) mass is 313 g/mol. The summed E-state index contributed by atoms with van der Waals surface area (Å²) >= 11 is 0. The number of nitrogens with zero attached hydrogens (tertiary/aromatic N) is 4. The molecular formula is C16H19N5O2. The topological polar surface area (TPSA) is 84.2 Å². The molecule has 0 saturated carbocycles. The summed E-state index contributed by atoms with van der Waals surface area (Å²) in [7, 11) is 0. The average Bonchev–Trinajstić information content (AvgIpc) is 2.56. The van der Waals surface area contributed by atoms with Crippen LogP contribution in [0.15, 0.2) is 36.5 Å². The van der Waals surface area contributed by atoms with Gasteiger partial charge < -0.3 is 10.2 Å². The first-order chi connectivity index (χ1) is 11.1. The lowest BCUT2D eigenvalue weighted by molar-refractivity contribution is -0.385. The van der Waals surface area contributed by atoms with E-state index in [1.807, 2.05) is 25.1 Å². The van der Waals surface area contributed by atoms with E-state index in [4.69, 9.17) is 0 Å². The van der Waals surface area contributed by atoms with Crippen molar-refractivity contribution in [3.05, 3.63) is 52.3 Å². The van der Waals surface area contributed by atoms with Gasteiger partial charge in [-0.2, -0.15) is 0 Å². The summed E-state index contributed by atoms with van der Waals surface area (Å²) in [6, 6.07) is 9.57. The second-order valence-electron chi connectivity index (χ2n) is 5.70. The summed E-state index contributed by atoms with van der Waals surface area (Å²) in [5.74, 6) is 1.71. The molecule has 0 amide bonds. The highest BCUT2D eigenvalue weighted by Gasteiger charge is 2.20. The van der Waals surface area contributed by atoms with E-state index in [9.17, 15) is 10.1 Å². The molecule has 0 aromatic carbocycles. The van der Waals surface area contributed by atoms with Crippen LogP contribution in [0.1, 0.15) is 18.5 Å². The molecule has 0 atom stereocenters. The van der Waals surface area contributed by atoms with Crippen molar-refractivity contribution in [3.63, 3.8) is 0 Å². The molecule has 3 heterocycles. The van der Waals surface area contributed by atoms with Crippen LogP contribution in [-0.4, -0.2) is 34.0 Å². The molecule has 0 aliphatic carbocycles. The Balaban J connectivity index is 1.56. The van der Waals surface area contributed by atoms with Crippen LogP contribution in [0, 0.1) is 17.0 Å². The van der Waals surface area contributed by atoms with Crippen LogP contribution in [0.5, 0.6) is 0 Å². The predicted octanol–water partition coefficient (Wildman–Crippen LogP) is 2.77. The molecule has 23 heavy (non-hydrogen) atoms. The minimum absolute atomic E-state index is 0.0239. The van der Waals surface area contributed by atoms with E-state index in [2.05, 4.69) is 20.2 Å². The molecule has 7 nitrogen and oxygen atoms in total. The van der Waals surface area contributed by atoms with Crippen molar-refractivity contribution < 1.29 is 4.92 Å². The summed E-state index contributed by atoms with van der Waals surface area (Å²) in [4.78, 5) is 21.1. The van der Waals surface area contributed by atoms with E-state index >= 15 is 0 Å². The molecule has 1 fully saturated rings. The fourth-order valence-corrected chi connectivity index (χ4v) is 2.76. The van der Waals surface area contributed by atoms with Crippen LogP contribution in [0.4, 0.5) is 17.3 Å². The number of nitro groups is 1. The highest BCUT2D eigenvalue weighted by atomic mass is 16.6. The van der Waals surface area contributed by atoms with Crippen molar-refractivity contribution >= 4 is 17.3 Å². The molecule has 0 radical (unpaired) electrons. The van der Waals surface area contributed by atoms with Crippen LogP contribution >= 0.6 is 0 Å². The summed E-state index contributed by atoms with van der Waals surface area (Å²) < 4.78 is 0. The summed E-state index contributed by atoms with van der Waals surface area (Å²) in [6.45, 7) is 3.72. The number of pyridine rings is 2. The van der Waals surface area contributed by atoms with Crippen LogP contribution in [0.25, 0.3) is 0 Å². The SMILES string of the molecule is Cc1cccc(NC2CCN(c3ccc([N+](=O)[O-])cn3)CC2)n1. The van der Waals surface area contributed by atoms with Crippen molar-refractivity contribution in [2.24, 2.45) is 0 Å². The maximum absolute atomic E-state index is 10.7. The molecule has 2 aromatic rings. The number of rotatable bonds is 4. The third kappa shape index (κ3) is 3.74. The van der Waals surface area contributed by atoms with Crippen molar-refractivity contribution in [3.8, 4) is 0 Å². The molecule has 0 bridgehead atoms. The van der Waals surface area contributed by atoms with Crippen molar-refractivity contribution in [1.82, 2.24) is 9.97 Å². The van der Waals surface area contributed by atoms with Gasteiger partial charge in [0.1, 0.15) is 17.8 Å². The lowest BCUT2D eigenvalue weighted by Gasteiger charge is -2.33. The van der Waals surface area contributed by atoms with Gasteiger partial charge in [-0.25, -0.2) is 9.97 Å². The fourth-order valence-electron chi connectivity index (χ4n) is 2.76. The van der Waals surface area contributed by atoms with Gasteiger partial charge in [-0.3, -0.25) is 10.1 Å². The van der Waals surface area contributed by atoms with Crippen LogP contribution in [-0.2, 0) is 0 Å². The molecule has 0 unspecified atom stereocenters. The number of anilines is 2. The van der Waals surface area contributed by atoms with Gasteiger partial charge in [-0.05, 0) is 38.0 Å². The number of hydrogen-bond donors (Lipinski definition) is 1. The molecule has 1 aliphatic rings. The first kappa shape index (κ1) is 15.2. The number of aromatic nitrogens is 2. The lowest BCUT2D eigenvalue weighted by Crippen LogP contribution is -2.39. The highest BCUT2D eigenvalue weighted by Crippen LogP contribution is 2.21. The van der Waals surface area contributed by atoms with Crippen molar-refractivity contribution in [2.45, 2.75) is 25.8 Å². The van der Waals surface area contributed by atoms with E-state index in [0.717, 1.165) is 43.3 Å². The van der Waals surface area contributed by atoms with Gasteiger partial charge in [0.25, 0.3) is 5.69 Å². The largest absolute Gasteiger partial charge is 0.367 e. The van der Waals surface area contributed by atoms with Gasteiger partial charge in [-0.15, -0.1) is 0 Å². The van der Waals surface area contributed by atoms with Crippen LogP contribution in [0.3, 0.4) is 0 Å². The first-order valence-electron chi connectivity index (χ1n) is 7.67. The second-order valence-corrected chi connectivity index (χ2v) is 5.70. The number of nitrogens with one attached hydrogen (secondary N) is 1. The van der Waals surface area contributed by atoms with Gasteiger partial charge in [0.15, 0.2) is 0 Å². The van der Waals surface area contributed by atoms with E-state index < -0.39 is 4.92 Å². The maximum Gasteiger partial charge on any atom is 0.287 e. The summed E-state index contributed by atoms with van der Waals surface area (Å²) in [6.07, 6.45) is 3.28. The van der Waals surface area contributed by atoms with E-state index in [0.29, 0.717) is 6.04 Å². The minimum atomic E-state index is -0.429. The number of hydrogen-bond acceptors (Lipinski definition) is 6. The summed E-state index contributed by atoms with van der Waals surface area (Å²) in [5.41, 5.74) is 1.03. The third-order valence-corrected chi connectivity index (χ3v) is 4.00. The molecular weight excluding hydrogens is 294 g/mol. The number of aryl methyl sites for hydroxylation is 1. The Morgan fingerprint density at radius 2 is 2.04 bits per heavy atom. The van der Waals surface area contributed by atoms with Gasteiger partial charge >= 0.3 is 0 Å². The van der Waals surface area contributed by atoms with E-state index in [1.165, 1.54) is 12.3 Å². The first-order valence-corrected chi connectivity index (χ1v) is 7.67. The second kappa shape index (κ2) is 6.60. The van der Waals surface area contributed by atoms with Crippen LogP contribution in [0.2, 0.25) is 0 Å². The predicted molar refractivity (Wildman–Crippen MR) is 88.7 cm³/mol. The van der Waals surface area contributed by atoms with Gasteiger partial charge in [0.2, 0.25) is 0 Å². The standard InChI is InChI=1S/C16H19N5O2/c1-12-3-2-4-15(18-12)19-13-7-9-20(10-8-13)16-6-5-14(11-17-16)21(22)23/h2-6,11,13H,7-10H2,1H3,(H,18,19). The third-order valence-electron chi connectivity index (χ3n) is 4.00. The van der Waals surface area contributed by atoms with Crippen LogP contribution < -0.4 is 10.2 Å². The van der Waals surface area contributed by atoms with Crippen molar-refractivity contribution in [1.29, 1.82) is 0 Å². The zero-order valence-corrected chi connectivity index (χ0v) is 13.0. The molecule has 3 rings (SSSR count). The van der Waals surface area contributed by atoms with Gasteiger partial charge in [0, 0.05) is 30.9 Å². The zero-order chi connectivity index (χ0) is 16.2. The highest BCUT2D eigenvalue weighted by molar-refractivity contribution is 5.44. The Morgan fingerprint density at radius 1 is 1.26 bits per heavy atom. The normalized spacial score (nSPS) is 15.4. The number of piperidine rings is 1. The quantitative estimate of drug-likeness (QED) is 0.690. The Bertz CT molecular complexity index is 681. The van der Waals surface area contributed by atoms with Gasteiger partial charge in [0.05, 0.1) is 4.92 Å². The Kier molecular flexibility index (Phi) is 4.36. The molecule has 120 valence electrons. The fraction of sp³-hybridized carbons (Fsp3) is 0.375. The lowest BCUT2D eigenvalue weighted by atomic mass is 10.0. The van der Waals surface area contributed by atoms with E-state index in [-0.39, 0.29) is 5.69 Å². The molecule has 1 N–H and O–H groups in total.